The van der Waals surface area contributed by atoms with Crippen LogP contribution in [0.3, 0.4) is 0 Å². The van der Waals surface area contributed by atoms with Crippen molar-refractivity contribution in [2.75, 3.05) is 12.0 Å². The van der Waals surface area contributed by atoms with Gasteiger partial charge in [-0.2, -0.15) is 0 Å². The van der Waals surface area contributed by atoms with E-state index < -0.39 is 29.5 Å². The van der Waals surface area contributed by atoms with Gasteiger partial charge < -0.3 is 14.2 Å². The Hall–Kier alpha value is -4.23. The molecule has 10 nitrogen and oxygen atoms in total. The number of carbonyl (C=O) groups is 3. The molecule has 0 aliphatic carbocycles. The fourth-order valence-electron chi connectivity index (χ4n) is 5.08. The second-order valence-corrected chi connectivity index (χ2v) is 13.1. The summed E-state index contributed by atoms with van der Waals surface area (Å²) in [5, 5.41) is 21.4. The molecule has 6 rings (SSSR count). The quantitative estimate of drug-likeness (QED) is 0.0492. The van der Waals surface area contributed by atoms with E-state index >= 15 is 0 Å². The van der Waals surface area contributed by atoms with Crippen LogP contribution in [0.5, 0.6) is 0 Å². The fourth-order valence-corrected chi connectivity index (χ4v) is 7.50. The Bertz CT molecular complexity index is 2040. The number of imidazole rings is 1. The van der Waals surface area contributed by atoms with E-state index in [4.69, 9.17) is 27.9 Å². The summed E-state index contributed by atoms with van der Waals surface area (Å²) in [7, 11) is 1.27. The molecular formula is C31H23Cl2N5O5S2. The molecule has 2 aromatic carbocycles. The molecule has 1 amide bonds. The number of fused-ring (bicyclic) bond motifs is 1. The topological polar surface area (TPSA) is 127 Å². The van der Waals surface area contributed by atoms with Crippen molar-refractivity contribution < 1.29 is 24.2 Å². The predicted molar refractivity (Wildman–Crippen MR) is 173 cm³/mol. The normalized spacial score (nSPS) is 16.1. The van der Waals surface area contributed by atoms with E-state index in [0.717, 1.165) is 22.5 Å². The predicted octanol–water partition coefficient (Wildman–Crippen LogP) is 6.81. The van der Waals surface area contributed by atoms with Crippen LogP contribution in [0.1, 0.15) is 44.5 Å². The van der Waals surface area contributed by atoms with Gasteiger partial charge >= 0.3 is 11.9 Å². The number of Topliss-reactive ketones (excluding diaryl/α,β-unsaturated/α-hetero) is 1. The van der Waals surface area contributed by atoms with Gasteiger partial charge in [-0.1, -0.05) is 70.6 Å². The first-order valence-corrected chi connectivity index (χ1v) is 16.0. The van der Waals surface area contributed by atoms with Gasteiger partial charge in [-0.3, -0.25) is 14.5 Å². The number of methoxy groups -OCH3 is 1. The van der Waals surface area contributed by atoms with E-state index in [1.807, 2.05) is 29.5 Å². The lowest BCUT2D eigenvalue weighted by Gasteiger charge is -2.22. The summed E-state index contributed by atoms with van der Waals surface area (Å²) in [4.78, 5) is 45.3. The Kier molecular flexibility index (Phi) is 8.40. The van der Waals surface area contributed by atoms with Crippen LogP contribution in [0, 0.1) is 13.8 Å². The molecule has 1 aliphatic rings. The van der Waals surface area contributed by atoms with Crippen LogP contribution < -0.4 is 4.90 Å². The molecule has 3 aromatic heterocycles. The van der Waals surface area contributed by atoms with Gasteiger partial charge in [0.2, 0.25) is 5.13 Å². The Labute approximate surface area is 275 Å². The third-order valence-electron chi connectivity index (χ3n) is 7.37. The third-order valence-corrected chi connectivity index (χ3v) is 10.1. The van der Waals surface area contributed by atoms with E-state index in [-0.39, 0.29) is 22.0 Å². The molecule has 14 heteroatoms. The number of hydrogen-bond donors (Lipinski definition) is 1. The summed E-state index contributed by atoms with van der Waals surface area (Å²) in [6.07, 6.45) is 1.81. The Balaban J connectivity index is 1.43. The molecule has 1 N–H and O–H groups in total. The van der Waals surface area contributed by atoms with Crippen LogP contribution in [0.15, 0.2) is 70.7 Å². The number of esters is 1. The highest BCUT2D eigenvalue weighted by Gasteiger charge is 2.49. The van der Waals surface area contributed by atoms with Crippen LogP contribution in [0.2, 0.25) is 10.0 Å². The Morgan fingerprint density at radius 3 is 2.53 bits per heavy atom. The number of aliphatic hydroxyl groups excluding tert-OH is 1. The lowest BCUT2D eigenvalue weighted by Crippen LogP contribution is -2.29. The van der Waals surface area contributed by atoms with Crippen molar-refractivity contribution in [2.24, 2.45) is 0 Å². The Morgan fingerprint density at radius 2 is 1.84 bits per heavy atom. The van der Waals surface area contributed by atoms with E-state index in [9.17, 15) is 19.5 Å². The molecular weight excluding hydrogens is 657 g/mol. The number of ether oxygens (including phenoxy) is 1. The van der Waals surface area contributed by atoms with Gasteiger partial charge in [0.25, 0.3) is 5.78 Å². The molecule has 0 saturated carbocycles. The lowest BCUT2D eigenvalue weighted by molar-refractivity contribution is -0.132. The van der Waals surface area contributed by atoms with Crippen molar-refractivity contribution in [3.63, 3.8) is 0 Å². The average molecular weight is 681 g/mol. The highest BCUT2D eigenvalue weighted by Crippen LogP contribution is 2.44. The first-order chi connectivity index (χ1) is 21.6. The summed E-state index contributed by atoms with van der Waals surface area (Å²) < 4.78 is 7.15. The lowest BCUT2D eigenvalue weighted by atomic mass is 9.95. The monoisotopic (exact) mass is 679 g/mol. The minimum absolute atomic E-state index is 0.158. The second kappa shape index (κ2) is 12.3. The number of carbonyl (C=O) groups excluding carboxylic acids is 3. The van der Waals surface area contributed by atoms with Gasteiger partial charge in [0, 0.05) is 22.0 Å². The number of halogens is 2. The van der Waals surface area contributed by atoms with E-state index in [2.05, 4.69) is 15.2 Å². The number of pyridine rings is 1. The maximum Gasteiger partial charge on any atom is 0.337 e. The van der Waals surface area contributed by atoms with Gasteiger partial charge in [-0.15, -0.1) is 10.2 Å². The van der Waals surface area contributed by atoms with Gasteiger partial charge in [0.1, 0.15) is 11.3 Å². The zero-order valence-corrected chi connectivity index (χ0v) is 27.1. The second-order valence-electron chi connectivity index (χ2n) is 10.1. The minimum Gasteiger partial charge on any atom is -0.505 e. The van der Waals surface area contributed by atoms with Gasteiger partial charge in [-0.25, -0.2) is 9.78 Å². The summed E-state index contributed by atoms with van der Waals surface area (Å²) in [6.45, 7) is 3.66. The van der Waals surface area contributed by atoms with Crippen molar-refractivity contribution in [3.8, 4) is 0 Å². The first-order valence-electron chi connectivity index (χ1n) is 13.4. The SMILES string of the molecule is COC(=O)c1ccc(C2/C(=C(\O)c3nc4c(C)cccn4c3C)C(=O)C(=O)N2c2nnc(SCc3ccc(Cl)cc3Cl)s2)cc1. The molecule has 1 aliphatic heterocycles. The van der Waals surface area contributed by atoms with Gasteiger partial charge in [0.05, 0.1) is 30.0 Å². The molecule has 1 saturated heterocycles. The molecule has 0 bridgehead atoms. The van der Waals surface area contributed by atoms with Crippen LogP contribution in [0.25, 0.3) is 11.4 Å². The van der Waals surface area contributed by atoms with Gasteiger partial charge in [0.15, 0.2) is 10.1 Å². The number of benzene rings is 2. The molecule has 0 radical (unpaired) electrons. The molecule has 228 valence electrons. The van der Waals surface area contributed by atoms with E-state index in [1.54, 1.807) is 37.4 Å². The van der Waals surface area contributed by atoms with E-state index in [0.29, 0.717) is 37.0 Å². The minimum atomic E-state index is -1.08. The zero-order chi connectivity index (χ0) is 32.0. The number of rotatable bonds is 7. The van der Waals surface area contributed by atoms with Crippen molar-refractivity contribution in [1.82, 2.24) is 19.6 Å². The number of hydrogen-bond acceptors (Lipinski definition) is 10. The fraction of sp³-hybridized carbons (Fsp3) is 0.161. The van der Waals surface area contributed by atoms with Crippen molar-refractivity contribution in [1.29, 1.82) is 0 Å². The summed E-state index contributed by atoms with van der Waals surface area (Å²) in [5.41, 5.74) is 3.66. The maximum absolute atomic E-state index is 13.7. The molecule has 0 spiro atoms. The number of nitrogens with zero attached hydrogens (tertiary/aromatic N) is 5. The number of thioether (sulfide) groups is 1. The molecule has 1 atom stereocenters. The number of amides is 1. The maximum atomic E-state index is 13.7. The summed E-state index contributed by atoms with van der Waals surface area (Å²) in [5.74, 6) is -2.29. The highest BCUT2D eigenvalue weighted by atomic mass is 35.5. The van der Waals surface area contributed by atoms with Crippen molar-refractivity contribution in [2.45, 2.75) is 30.0 Å². The molecule has 5 aromatic rings. The smallest absolute Gasteiger partial charge is 0.337 e. The van der Waals surface area contributed by atoms with Crippen LogP contribution in [0.4, 0.5) is 5.13 Å². The van der Waals surface area contributed by atoms with Gasteiger partial charge in [-0.05, 0) is 60.9 Å². The highest BCUT2D eigenvalue weighted by molar-refractivity contribution is 8.00. The molecule has 1 fully saturated rings. The Morgan fingerprint density at radius 1 is 1.09 bits per heavy atom. The summed E-state index contributed by atoms with van der Waals surface area (Å²) in [6, 6.07) is 14.1. The number of aromatic nitrogens is 4. The van der Waals surface area contributed by atoms with E-state index in [1.165, 1.54) is 35.9 Å². The largest absolute Gasteiger partial charge is 0.505 e. The molecule has 1 unspecified atom stereocenters. The number of ketones is 1. The van der Waals surface area contributed by atoms with Crippen LogP contribution in [-0.2, 0) is 20.1 Å². The van der Waals surface area contributed by atoms with Crippen LogP contribution >= 0.6 is 46.3 Å². The molecule has 4 heterocycles. The number of aryl methyl sites for hydroxylation is 2. The standard InChI is InChI=1S/C31H23Cl2N5O5S2/c1-15-5-4-12-37-16(2)23(34-27(15)37)25(39)22-24(17-6-8-18(9-7-17)29(42)43-3)38(28(41)26(22)40)30-35-36-31(45-30)44-14-19-10-11-20(32)13-21(19)33/h4-13,24,39H,14H2,1-3H3/b25-22+. The number of anilines is 1. The zero-order valence-electron chi connectivity index (χ0n) is 23.9. The van der Waals surface area contributed by atoms with Crippen molar-refractivity contribution in [3.05, 3.63) is 110 Å². The molecule has 45 heavy (non-hydrogen) atoms. The average Bonchev–Trinajstić information content (AvgIpc) is 3.71. The third kappa shape index (κ3) is 5.59. The van der Waals surface area contributed by atoms with Crippen LogP contribution in [-0.4, -0.2) is 49.5 Å². The van der Waals surface area contributed by atoms with Crippen molar-refractivity contribution >= 4 is 80.5 Å². The number of aliphatic hydroxyl groups is 1. The first kappa shape index (κ1) is 30.8. The summed E-state index contributed by atoms with van der Waals surface area (Å²) >= 11 is 14.8.